The van der Waals surface area contributed by atoms with E-state index in [1.165, 1.54) is 51.7 Å². The summed E-state index contributed by atoms with van der Waals surface area (Å²) in [4.78, 5) is 24.8. The van der Waals surface area contributed by atoms with E-state index in [9.17, 15) is 27.5 Å². The summed E-state index contributed by atoms with van der Waals surface area (Å²) < 4.78 is 70.9. The maximum Gasteiger partial charge on any atom is 0.435 e. The van der Waals surface area contributed by atoms with Crippen molar-refractivity contribution in [3.05, 3.63) is 70.5 Å². The normalized spacial score (nSPS) is 11.6. The molecule has 222 valence electrons. The SMILES string of the molecule is COCC(COC)Oc1ncc(-c2cnc(Nc3ccc(F)c(Cl)c3)nc2-n2nc(C(F)(F)F)cc2C)cc1C(=O)O. The largest absolute Gasteiger partial charge is 0.477 e. The van der Waals surface area contributed by atoms with Gasteiger partial charge in [-0.05, 0) is 37.3 Å². The van der Waals surface area contributed by atoms with Crippen molar-refractivity contribution in [1.82, 2.24) is 24.7 Å². The lowest BCUT2D eigenvalue weighted by Crippen LogP contribution is -2.28. The Hall–Kier alpha value is -4.34. The van der Waals surface area contributed by atoms with Gasteiger partial charge in [-0.2, -0.15) is 23.3 Å². The van der Waals surface area contributed by atoms with Gasteiger partial charge in [0.05, 0.1) is 18.2 Å². The predicted molar refractivity (Wildman–Crippen MR) is 142 cm³/mol. The van der Waals surface area contributed by atoms with Gasteiger partial charge in [-0.25, -0.2) is 23.8 Å². The van der Waals surface area contributed by atoms with Gasteiger partial charge in [0.1, 0.15) is 17.5 Å². The molecule has 0 radical (unpaired) electrons. The number of aromatic carboxylic acids is 1. The highest BCUT2D eigenvalue weighted by molar-refractivity contribution is 6.31. The minimum atomic E-state index is -4.74. The van der Waals surface area contributed by atoms with Crippen LogP contribution in [0.25, 0.3) is 16.9 Å². The van der Waals surface area contributed by atoms with Crippen LogP contribution in [-0.2, 0) is 15.7 Å². The zero-order valence-electron chi connectivity index (χ0n) is 22.2. The first-order valence-electron chi connectivity index (χ1n) is 12.0. The molecule has 2 N–H and O–H groups in total. The number of aromatic nitrogens is 5. The average molecular weight is 611 g/mol. The Morgan fingerprint density at radius 1 is 1.12 bits per heavy atom. The van der Waals surface area contributed by atoms with Gasteiger partial charge in [0.2, 0.25) is 11.8 Å². The number of nitrogens with one attached hydrogen (secondary N) is 1. The van der Waals surface area contributed by atoms with Crippen molar-refractivity contribution in [2.45, 2.75) is 19.2 Å². The zero-order chi connectivity index (χ0) is 30.6. The van der Waals surface area contributed by atoms with Crippen LogP contribution in [0.1, 0.15) is 21.7 Å². The number of methoxy groups -OCH3 is 2. The maximum absolute atomic E-state index is 13.6. The molecular formula is C26H23ClF4N6O5. The number of hydrogen-bond donors (Lipinski definition) is 2. The number of hydrogen-bond acceptors (Lipinski definition) is 9. The van der Waals surface area contributed by atoms with Crippen LogP contribution >= 0.6 is 11.6 Å². The smallest absolute Gasteiger partial charge is 0.435 e. The number of halogens is 5. The number of nitrogens with zero attached hydrogens (tertiary/aromatic N) is 5. The fourth-order valence-corrected chi connectivity index (χ4v) is 4.00. The molecule has 0 aliphatic carbocycles. The lowest BCUT2D eigenvalue weighted by atomic mass is 10.1. The highest BCUT2D eigenvalue weighted by atomic mass is 35.5. The van der Waals surface area contributed by atoms with Crippen LogP contribution in [0.15, 0.2) is 42.7 Å². The molecule has 0 fully saturated rings. The van der Waals surface area contributed by atoms with Crippen LogP contribution in [0, 0.1) is 12.7 Å². The van der Waals surface area contributed by atoms with E-state index in [1.807, 2.05) is 0 Å². The number of carboxylic acid groups (broad SMARTS) is 1. The Morgan fingerprint density at radius 3 is 2.43 bits per heavy atom. The summed E-state index contributed by atoms with van der Waals surface area (Å²) in [5, 5.41) is 16.2. The van der Waals surface area contributed by atoms with Crippen LogP contribution in [0.5, 0.6) is 5.88 Å². The molecule has 0 spiro atoms. The summed E-state index contributed by atoms with van der Waals surface area (Å²) in [7, 11) is 2.87. The minimum absolute atomic E-state index is 0.0754. The first kappa shape index (κ1) is 30.6. The molecule has 11 nitrogen and oxygen atoms in total. The van der Waals surface area contributed by atoms with Crippen molar-refractivity contribution >= 4 is 29.2 Å². The molecule has 3 heterocycles. The third-order valence-electron chi connectivity index (χ3n) is 5.70. The van der Waals surface area contributed by atoms with Crippen molar-refractivity contribution in [3.63, 3.8) is 0 Å². The van der Waals surface area contributed by atoms with Gasteiger partial charge in [0.25, 0.3) is 0 Å². The lowest BCUT2D eigenvalue weighted by molar-refractivity contribution is -0.141. The van der Waals surface area contributed by atoms with Crippen LogP contribution in [0.3, 0.4) is 0 Å². The number of pyridine rings is 1. The standard InChI is InChI=1S/C26H23ClF4N6O5/c1-13-6-21(26(29,30)31)36-37(13)22-18(10-33-25(35-22)34-15-4-5-20(28)19(27)8-15)14-7-17(24(38)39)23(32-9-14)42-16(11-40-2)12-41-3/h4-10,16H,11-12H2,1-3H3,(H,38,39)(H,33,34,35). The molecule has 0 saturated carbocycles. The first-order valence-corrected chi connectivity index (χ1v) is 12.4. The number of alkyl halides is 3. The number of anilines is 2. The van der Waals surface area contributed by atoms with Gasteiger partial charge < -0.3 is 24.6 Å². The summed E-state index contributed by atoms with van der Waals surface area (Å²) in [5.74, 6) is -2.48. The summed E-state index contributed by atoms with van der Waals surface area (Å²) in [5.41, 5.74) is -0.890. The lowest BCUT2D eigenvalue weighted by Gasteiger charge is -2.18. The molecule has 0 amide bonds. The van der Waals surface area contributed by atoms with Gasteiger partial charge in [-0.1, -0.05) is 11.6 Å². The van der Waals surface area contributed by atoms with Crippen LogP contribution in [-0.4, -0.2) is 69.3 Å². The van der Waals surface area contributed by atoms with E-state index in [0.29, 0.717) is 5.69 Å². The van der Waals surface area contributed by atoms with E-state index in [1.54, 1.807) is 0 Å². The fourth-order valence-electron chi connectivity index (χ4n) is 3.82. The van der Waals surface area contributed by atoms with Gasteiger partial charge in [0, 0.05) is 49.1 Å². The van der Waals surface area contributed by atoms with Crippen LogP contribution in [0.2, 0.25) is 5.02 Å². The highest BCUT2D eigenvalue weighted by Crippen LogP contribution is 2.33. The second-order valence-electron chi connectivity index (χ2n) is 8.80. The highest BCUT2D eigenvalue weighted by Gasteiger charge is 2.35. The molecule has 4 rings (SSSR count). The van der Waals surface area contributed by atoms with E-state index >= 15 is 0 Å². The summed E-state index contributed by atoms with van der Waals surface area (Å²) in [6.07, 6.45) is -2.90. The third kappa shape index (κ3) is 6.92. The van der Waals surface area contributed by atoms with Crippen LogP contribution < -0.4 is 10.1 Å². The van der Waals surface area contributed by atoms with Gasteiger partial charge >= 0.3 is 12.1 Å². The Balaban J connectivity index is 1.83. The first-order chi connectivity index (χ1) is 19.9. The summed E-state index contributed by atoms with van der Waals surface area (Å²) >= 11 is 5.84. The Bertz CT molecular complexity index is 1590. The number of rotatable bonds is 11. The van der Waals surface area contributed by atoms with E-state index in [0.717, 1.165) is 16.8 Å². The second-order valence-corrected chi connectivity index (χ2v) is 9.20. The van der Waals surface area contributed by atoms with E-state index in [4.69, 9.17) is 25.8 Å². The third-order valence-corrected chi connectivity index (χ3v) is 5.99. The molecule has 0 bridgehead atoms. The number of carbonyl (C=O) groups is 1. The molecule has 42 heavy (non-hydrogen) atoms. The van der Waals surface area contributed by atoms with Gasteiger partial charge in [-0.15, -0.1) is 0 Å². The van der Waals surface area contributed by atoms with Crippen molar-refractivity contribution in [1.29, 1.82) is 0 Å². The Kier molecular flexibility index (Phi) is 9.23. The molecule has 0 aliphatic rings. The molecular weight excluding hydrogens is 588 g/mol. The van der Waals surface area contributed by atoms with Crippen molar-refractivity contribution in [2.24, 2.45) is 0 Å². The Morgan fingerprint density at radius 2 is 1.83 bits per heavy atom. The van der Waals surface area contributed by atoms with E-state index in [2.05, 4.69) is 25.4 Å². The number of aryl methyl sites for hydroxylation is 1. The average Bonchev–Trinajstić information content (AvgIpc) is 3.33. The van der Waals surface area contributed by atoms with Crippen molar-refractivity contribution in [2.75, 3.05) is 32.8 Å². The molecule has 0 unspecified atom stereocenters. The molecule has 0 aliphatic heterocycles. The fraction of sp³-hybridized carbons (Fsp3) is 0.269. The molecule has 0 atom stereocenters. The monoisotopic (exact) mass is 610 g/mol. The summed E-state index contributed by atoms with van der Waals surface area (Å²) in [6, 6.07) is 5.81. The number of ether oxygens (including phenoxy) is 3. The Labute approximate surface area is 241 Å². The van der Waals surface area contributed by atoms with Gasteiger partial charge in [0.15, 0.2) is 11.5 Å². The molecule has 1 aromatic carbocycles. The second kappa shape index (κ2) is 12.7. The summed E-state index contributed by atoms with van der Waals surface area (Å²) in [6.45, 7) is 1.56. The number of carboxylic acids is 1. The van der Waals surface area contributed by atoms with Crippen molar-refractivity contribution < 1.29 is 41.7 Å². The zero-order valence-corrected chi connectivity index (χ0v) is 23.0. The molecule has 16 heteroatoms. The molecule has 3 aromatic heterocycles. The maximum atomic E-state index is 13.6. The van der Waals surface area contributed by atoms with Crippen LogP contribution in [0.4, 0.5) is 29.2 Å². The predicted octanol–water partition coefficient (Wildman–Crippen LogP) is 5.33. The molecule has 0 saturated heterocycles. The van der Waals surface area contributed by atoms with E-state index in [-0.39, 0.29) is 58.3 Å². The topological polar surface area (TPSA) is 134 Å². The van der Waals surface area contributed by atoms with Crippen molar-refractivity contribution in [3.8, 4) is 22.8 Å². The van der Waals surface area contributed by atoms with Gasteiger partial charge in [-0.3, -0.25) is 0 Å². The number of benzene rings is 1. The quantitative estimate of drug-likeness (QED) is 0.215. The van der Waals surface area contributed by atoms with E-state index < -0.39 is 29.8 Å². The minimum Gasteiger partial charge on any atom is -0.477 e. The molecule has 4 aromatic rings.